The number of aryl methyl sites for hydroxylation is 3. The molecule has 0 atom stereocenters. The minimum absolute atomic E-state index is 0.175. The van der Waals surface area contributed by atoms with Gasteiger partial charge in [0.1, 0.15) is 11.6 Å². The van der Waals surface area contributed by atoms with Crippen LogP contribution < -0.4 is 0 Å². The summed E-state index contributed by atoms with van der Waals surface area (Å²) in [7, 11) is 0. The number of hydrogen-bond acceptors (Lipinski definition) is 5. The Bertz CT molecular complexity index is 491. The predicted octanol–water partition coefficient (Wildman–Crippen LogP) is 1.32. The topological polar surface area (TPSA) is 63.8 Å². The van der Waals surface area contributed by atoms with E-state index in [9.17, 15) is 0 Å². The lowest BCUT2D eigenvalue weighted by molar-refractivity contribution is 0.276. The molecule has 0 aromatic carbocycles. The van der Waals surface area contributed by atoms with Gasteiger partial charge in [0.15, 0.2) is 0 Å². The number of aromatic nitrogens is 4. The van der Waals surface area contributed by atoms with Gasteiger partial charge in [0.05, 0.1) is 17.1 Å². The zero-order valence-electron chi connectivity index (χ0n) is 10.1. The predicted molar refractivity (Wildman–Crippen MR) is 66.1 cm³/mol. The van der Waals surface area contributed by atoms with Crippen molar-refractivity contribution < 1.29 is 5.11 Å². The molecule has 2 aromatic rings. The Morgan fingerprint density at radius 3 is 2.82 bits per heavy atom. The van der Waals surface area contributed by atoms with E-state index < -0.39 is 0 Å². The molecule has 2 rings (SSSR count). The van der Waals surface area contributed by atoms with Crippen molar-refractivity contribution in [3.8, 4) is 0 Å². The largest absolute Gasteiger partial charge is 0.396 e. The van der Waals surface area contributed by atoms with E-state index in [1.54, 1.807) is 11.3 Å². The molecule has 0 saturated heterocycles. The van der Waals surface area contributed by atoms with Gasteiger partial charge in [0, 0.05) is 18.5 Å². The van der Waals surface area contributed by atoms with Crippen LogP contribution in [0.25, 0.3) is 0 Å². The van der Waals surface area contributed by atoms with Crippen LogP contribution in [-0.4, -0.2) is 31.5 Å². The molecule has 0 bridgehead atoms. The number of aliphatic hydroxyl groups excluding tert-OH is 1. The highest BCUT2D eigenvalue weighted by atomic mass is 32.1. The maximum Gasteiger partial charge on any atom is 0.147 e. The fraction of sp³-hybridized carbons (Fsp3) is 0.545. The first kappa shape index (κ1) is 12.2. The van der Waals surface area contributed by atoms with Crippen molar-refractivity contribution in [1.29, 1.82) is 0 Å². The zero-order valence-corrected chi connectivity index (χ0v) is 10.9. The van der Waals surface area contributed by atoms with Crippen LogP contribution in [0.5, 0.6) is 0 Å². The van der Waals surface area contributed by atoms with Crippen LogP contribution in [0.2, 0.25) is 0 Å². The fourth-order valence-corrected chi connectivity index (χ4v) is 2.29. The highest BCUT2D eigenvalue weighted by Gasteiger charge is 2.09. The molecule has 17 heavy (non-hydrogen) atoms. The van der Waals surface area contributed by atoms with Gasteiger partial charge < -0.3 is 5.11 Å². The van der Waals surface area contributed by atoms with Crippen LogP contribution in [0, 0.1) is 13.8 Å². The molecule has 0 unspecified atom stereocenters. The zero-order chi connectivity index (χ0) is 12.3. The van der Waals surface area contributed by atoms with Crippen molar-refractivity contribution in [2.75, 3.05) is 6.61 Å². The Hall–Kier alpha value is -1.27. The van der Waals surface area contributed by atoms with Crippen molar-refractivity contribution in [2.45, 2.75) is 33.2 Å². The van der Waals surface area contributed by atoms with E-state index in [-0.39, 0.29) is 6.61 Å². The summed E-state index contributed by atoms with van der Waals surface area (Å²) in [6, 6.07) is 0. The van der Waals surface area contributed by atoms with Crippen molar-refractivity contribution in [3.05, 3.63) is 27.7 Å². The average molecular weight is 252 g/mol. The maximum absolute atomic E-state index is 8.85. The summed E-state index contributed by atoms with van der Waals surface area (Å²) in [5.41, 5.74) is 1.03. The van der Waals surface area contributed by atoms with Crippen molar-refractivity contribution in [3.63, 3.8) is 0 Å². The van der Waals surface area contributed by atoms with Crippen LogP contribution in [0.3, 0.4) is 0 Å². The Morgan fingerprint density at radius 1 is 1.35 bits per heavy atom. The fourth-order valence-electron chi connectivity index (χ4n) is 1.68. The van der Waals surface area contributed by atoms with Crippen LogP contribution in [0.1, 0.15) is 28.8 Å². The van der Waals surface area contributed by atoms with E-state index in [1.165, 1.54) is 0 Å². The molecule has 0 aliphatic rings. The third-order valence-corrected chi connectivity index (χ3v) is 3.21. The van der Waals surface area contributed by atoms with Gasteiger partial charge >= 0.3 is 0 Å². The van der Waals surface area contributed by atoms with Gasteiger partial charge in [-0.3, -0.25) is 0 Å². The Labute approximate surface area is 104 Å². The number of aliphatic hydroxyl groups is 1. The third kappa shape index (κ3) is 3.10. The molecule has 0 amide bonds. The van der Waals surface area contributed by atoms with E-state index in [0.717, 1.165) is 22.4 Å². The molecule has 6 heteroatoms. The molecule has 1 N–H and O–H groups in total. The SMILES string of the molecule is Cc1nc(Cc2csc(C)n2)n(CCCO)n1. The highest BCUT2D eigenvalue weighted by molar-refractivity contribution is 7.09. The van der Waals surface area contributed by atoms with Crippen LogP contribution in [0.15, 0.2) is 5.38 Å². The van der Waals surface area contributed by atoms with E-state index in [4.69, 9.17) is 5.11 Å². The molecule has 0 radical (unpaired) electrons. The first-order valence-corrected chi connectivity index (χ1v) is 6.49. The van der Waals surface area contributed by atoms with Gasteiger partial charge in [-0.1, -0.05) is 0 Å². The minimum Gasteiger partial charge on any atom is -0.396 e. The molecule has 2 heterocycles. The summed E-state index contributed by atoms with van der Waals surface area (Å²) in [6.07, 6.45) is 1.41. The smallest absolute Gasteiger partial charge is 0.147 e. The Morgan fingerprint density at radius 2 is 2.18 bits per heavy atom. The van der Waals surface area contributed by atoms with Gasteiger partial charge in [-0.25, -0.2) is 14.6 Å². The lowest BCUT2D eigenvalue weighted by Crippen LogP contribution is -2.08. The Balaban J connectivity index is 2.14. The second-order valence-electron chi connectivity index (χ2n) is 3.91. The van der Waals surface area contributed by atoms with E-state index in [0.29, 0.717) is 19.4 Å². The minimum atomic E-state index is 0.175. The molecule has 0 aliphatic carbocycles. The normalized spacial score (nSPS) is 11.0. The summed E-state index contributed by atoms with van der Waals surface area (Å²) in [6.45, 7) is 4.76. The second-order valence-corrected chi connectivity index (χ2v) is 4.97. The lowest BCUT2D eigenvalue weighted by atomic mass is 10.3. The molecule has 0 aliphatic heterocycles. The lowest BCUT2D eigenvalue weighted by Gasteiger charge is -2.02. The number of hydrogen-bond donors (Lipinski definition) is 1. The Kier molecular flexibility index (Phi) is 3.86. The summed E-state index contributed by atoms with van der Waals surface area (Å²) in [5, 5.41) is 16.3. The molecule has 5 nitrogen and oxygen atoms in total. The van der Waals surface area contributed by atoms with Gasteiger partial charge in [0.25, 0.3) is 0 Å². The van der Waals surface area contributed by atoms with Crippen LogP contribution in [0.4, 0.5) is 0 Å². The van der Waals surface area contributed by atoms with E-state index >= 15 is 0 Å². The first-order chi connectivity index (χ1) is 8.19. The third-order valence-electron chi connectivity index (χ3n) is 2.39. The number of thiazole rings is 1. The van der Waals surface area contributed by atoms with Gasteiger partial charge in [-0.15, -0.1) is 11.3 Å². The van der Waals surface area contributed by atoms with Gasteiger partial charge in [-0.2, -0.15) is 5.10 Å². The quantitative estimate of drug-likeness (QED) is 0.872. The molecule has 0 spiro atoms. The first-order valence-electron chi connectivity index (χ1n) is 5.61. The van der Waals surface area contributed by atoms with Crippen molar-refractivity contribution in [2.24, 2.45) is 0 Å². The molecule has 0 fully saturated rings. The molecule has 0 saturated carbocycles. The standard InChI is InChI=1S/C11H16N4OS/c1-8-12-11(15(14-8)4-3-5-16)6-10-7-17-9(2)13-10/h7,16H,3-6H2,1-2H3. The molecule has 2 aromatic heterocycles. The number of nitrogens with zero attached hydrogens (tertiary/aromatic N) is 4. The number of rotatable bonds is 5. The second kappa shape index (κ2) is 5.37. The van der Waals surface area contributed by atoms with Crippen molar-refractivity contribution in [1.82, 2.24) is 19.7 Å². The maximum atomic E-state index is 8.85. The van der Waals surface area contributed by atoms with Crippen LogP contribution >= 0.6 is 11.3 Å². The summed E-state index contributed by atoms with van der Waals surface area (Å²) >= 11 is 1.65. The molecular formula is C11H16N4OS. The average Bonchev–Trinajstić information content (AvgIpc) is 2.83. The summed E-state index contributed by atoms with van der Waals surface area (Å²) in [4.78, 5) is 8.83. The summed E-state index contributed by atoms with van der Waals surface area (Å²) in [5.74, 6) is 1.69. The van der Waals surface area contributed by atoms with E-state index in [2.05, 4.69) is 20.4 Å². The molecule has 92 valence electrons. The molecular weight excluding hydrogens is 236 g/mol. The van der Waals surface area contributed by atoms with Gasteiger partial charge in [-0.05, 0) is 20.3 Å². The summed E-state index contributed by atoms with van der Waals surface area (Å²) < 4.78 is 1.86. The van der Waals surface area contributed by atoms with Crippen molar-refractivity contribution >= 4 is 11.3 Å². The highest BCUT2D eigenvalue weighted by Crippen LogP contribution is 2.12. The van der Waals surface area contributed by atoms with Gasteiger partial charge in [0.2, 0.25) is 0 Å². The monoisotopic (exact) mass is 252 g/mol. The van der Waals surface area contributed by atoms with Crippen LogP contribution in [-0.2, 0) is 13.0 Å². The van der Waals surface area contributed by atoms with E-state index in [1.807, 2.05) is 18.5 Å².